The lowest BCUT2D eigenvalue weighted by Gasteiger charge is -2.34. The molecule has 0 radical (unpaired) electrons. The number of nitrogens with zero attached hydrogens (tertiary/aromatic N) is 3. The Morgan fingerprint density at radius 3 is 2.54 bits per heavy atom. The summed E-state index contributed by atoms with van der Waals surface area (Å²) in [5.41, 5.74) is 4.14. The Kier molecular flexibility index (Phi) is 5.78. The molecule has 150 valence electrons. The van der Waals surface area contributed by atoms with Gasteiger partial charge in [-0.2, -0.15) is 17.0 Å². The molecule has 1 atom stereocenters. The number of hydrogen-bond donors (Lipinski definition) is 0. The first-order valence-corrected chi connectivity index (χ1v) is 11.3. The highest BCUT2D eigenvalue weighted by Gasteiger charge is 2.36. The summed E-state index contributed by atoms with van der Waals surface area (Å²) in [5.74, 6) is 0. The molecule has 2 aliphatic heterocycles. The summed E-state index contributed by atoms with van der Waals surface area (Å²) in [6.45, 7) is 4.32. The molecule has 3 heterocycles. The lowest BCUT2D eigenvalue weighted by Crippen LogP contribution is -2.48. The van der Waals surface area contributed by atoms with Crippen LogP contribution in [-0.2, 0) is 21.4 Å². The summed E-state index contributed by atoms with van der Waals surface area (Å²) in [6, 6.07) is 14.4. The van der Waals surface area contributed by atoms with E-state index in [1.807, 2.05) is 25.1 Å². The minimum Gasteiger partial charge on any atom is -0.369 e. The summed E-state index contributed by atoms with van der Waals surface area (Å²) in [5, 5.41) is 0. The molecule has 0 spiro atoms. The molecule has 2 saturated heterocycles. The second-order valence-corrected chi connectivity index (χ2v) is 9.46. The maximum absolute atomic E-state index is 12.9. The van der Waals surface area contributed by atoms with Crippen LogP contribution in [-0.4, -0.2) is 54.8 Å². The topological polar surface area (TPSA) is 62.7 Å². The average Bonchev–Trinajstić information content (AvgIpc) is 3.24. The highest BCUT2D eigenvalue weighted by molar-refractivity contribution is 7.86. The van der Waals surface area contributed by atoms with Gasteiger partial charge in [0.05, 0.1) is 12.3 Å². The van der Waals surface area contributed by atoms with Crippen molar-refractivity contribution in [3.8, 4) is 0 Å². The van der Waals surface area contributed by atoms with E-state index >= 15 is 0 Å². The highest BCUT2D eigenvalue weighted by atomic mass is 32.2. The van der Waals surface area contributed by atoms with Crippen LogP contribution in [0.3, 0.4) is 0 Å². The van der Waals surface area contributed by atoms with Gasteiger partial charge >= 0.3 is 0 Å². The molecule has 2 aliphatic rings. The van der Waals surface area contributed by atoms with Crippen molar-refractivity contribution in [2.75, 3.05) is 32.8 Å². The van der Waals surface area contributed by atoms with E-state index in [2.05, 4.69) is 29.2 Å². The SMILES string of the molecule is Cc1cc(Cc2ccccc2)cc(C2CN(S(=O)(=O)N3CCCC3)CCO2)n1. The number of benzene rings is 1. The molecule has 2 aromatic rings. The maximum atomic E-state index is 12.9. The molecule has 6 nitrogen and oxygen atoms in total. The molecule has 1 aromatic heterocycles. The number of morpholine rings is 1. The van der Waals surface area contributed by atoms with E-state index < -0.39 is 10.2 Å². The number of pyridine rings is 1. The molecule has 0 amide bonds. The molecule has 0 N–H and O–H groups in total. The minimum atomic E-state index is -3.41. The molecule has 7 heteroatoms. The zero-order valence-electron chi connectivity index (χ0n) is 16.3. The third-order valence-corrected chi connectivity index (χ3v) is 7.36. The third kappa shape index (κ3) is 4.27. The lowest BCUT2D eigenvalue weighted by molar-refractivity contribution is -0.00656. The molecular formula is C21H27N3O3S. The van der Waals surface area contributed by atoms with Crippen LogP contribution in [0.25, 0.3) is 0 Å². The van der Waals surface area contributed by atoms with Gasteiger partial charge in [-0.3, -0.25) is 4.98 Å². The quantitative estimate of drug-likeness (QED) is 0.773. The Morgan fingerprint density at radius 1 is 1.04 bits per heavy atom. The summed E-state index contributed by atoms with van der Waals surface area (Å²) >= 11 is 0. The van der Waals surface area contributed by atoms with E-state index in [4.69, 9.17) is 4.74 Å². The predicted molar refractivity (Wildman–Crippen MR) is 108 cm³/mol. The van der Waals surface area contributed by atoms with Crippen molar-refractivity contribution in [1.29, 1.82) is 0 Å². The van der Waals surface area contributed by atoms with Gasteiger partial charge in [-0.25, -0.2) is 0 Å². The monoisotopic (exact) mass is 401 g/mol. The Morgan fingerprint density at radius 2 is 1.79 bits per heavy atom. The molecule has 0 aliphatic carbocycles. The summed E-state index contributed by atoms with van der Waals surface area (Å²) in [6.07, 6.45) is 2.37. The van der Waals surface area contributed by atoms with E-state index in [1.54, 1.807) is 8.61 Å². The second-order valence-electron chi connectivity index (χ2n) is 7.54. The van der Waals surface area contributed by atoms with Crippen LogP contribution in [0.15, 0.2) is 42.5 Å². The molecule has 28 heavy (non-hydrogen) atoms. The van der Waals surface area contributed by atoms with E-state index in [0.717, 1.165) is 36.2 Å². The van der Waals surface area contributed by atoms with Gasteiger partial charge in [0.2, 0.25) is 0 Å². The van der Waals surface area contributed by atoms with Crippen LogP contribution >= 0.6 is 0 Å². The molecule has 4 rings (SSSR count). The molecule has 1 unspecified atom stereocenters. The Labute approximate surface area is 167 Å². The van der Waals surface area contributed by atoms with Gasteiger partial charge in [0.1, 0.15) is 6.10 Å². The largest absolute Gasteiger partial charge is 0.369 e. The van der Waals surface area contributed by atoms with Crippen molar-refractivity contribution >= 4 is 10.2 Å². The second kappa shape index (κ2) is 8.29. The zero-order chi connectivity index (χ0) is 19.6. The molecule has 0 saturated carbocycles. The zero-order valence-corrected chi connectivity index (χ0v) is 17.1. The number of hydrogen-bond acceptors (Lipinski definition) is 4. The first kappa shape index (κ1) is 19.5. The molecular weight excluding hydrogens is 374 g/mol. The Bertz CT molecular complexity index is 912. The van der Waals surface area contributed by atoms with E-state index in [0.29, 0.717) is 32.8 Å². The van der Waals surface area contributed by atoms with Crippen molar-refractivity contribution in [2.24, 2.45) is 0 Å². The van der Waals surface area contributed by atoms with Crippen molar-refractivity contribution in [3.05, 3.63) is 65.0 Å². The first-order chi connectivity index (χ1) is 13.5. The van der Waals surface area contributed by atoms with Crippen LogP contribution in [0.4, 0.5) is 0 Å². The van der Waals surface area contributed by atoms with Crippen LogP contribution < -0.4 is 0 Å². The number of aryl methyl sites for hydroxylation is 1. The third-order valence-electron chi connectivity index (χ3n) is 5.36. The molecule has 0 bridgehead atoms. The standard InChI is InChI=1S/C21H27N3O3S/c1-17-13-19(14-18-7-3-2-4-8-18)15-20(22-17)21-16-24(11-12-27-21)28(25,26)23-9-5-6-10-23/h2-4,7-8,13,15,21H,5-6,9-12,14,16H2,1H3. The summed E-state index contributed by atoms with van der Waals surface area (Å²) < 4.78 is 34.9. The fraction of sp³-hybridized carbons (Fsp3) is 0.476. The van der Waals surface area contributed by atoms with Crippen LogP contribution in [0.5, 0.6) is 0 Å². The summed E-state index contributed by atoms with van der Waals surface area (Å²) in [7, 11) is -3.41. The summed E-state index contributed by atoms with van der Waals surface area (Å²) in [4.78, 5) is 4.65. The van der Waals surface area contributed by atoms with Crippen molar-refractivity contribution in [2.45, 2.75) is 32.3 Å². The van der Waals surface area contributed by atoms with Crippen molar-refractivity contribution < 1.29 is 13.2 Å². The maximum Gasteiger partial charge on any atom is 0.282 e. The van der Waals surface area contributed by atoms with Gasteiger partial charge in [-0.15, -0.1) is 0 Å². The van der Waals surface area contributed by atoms with Crippen molar-refractivity contribution in [3.63, 3.8) is 0 Å². The van der Waals surface area contributed by atoms with E-state index in [-0.39, 0.29) is 6.10 Å². The van der Waals surface area contributed by atoms with Crippen LogP contribution in [0, 0.1) is 6.92 Å². The normalized spacial score (nSPS) is 21.8. The van der Waals surface area contributed by atoms with Crippen LogP contribution in [0.1, 0.15) is 41.5 Å². The van der Waals surface area contributed by atoms with E-state index in [9.17, 15) is 8.42 Å². The van der Waals surface area contributed by atoms with Crippen LogP contribution in [0.2, 0.25) is 0 Å². The van der Waals surface area contributed by atoms with Gasteiger partial charge in [0.15, 0.2) is 0 Å². The molecule has 2 fully saturated rings. The lowest BCUT2D eigenvalue weighted by atomic mass is 10.0. The fourth-order valence-corrected chi connectivity index (χ4v) is 5.64. The van der Waals surface area contributed by atoms with Gasteiger partial charge in [0.25, 0.3) is 10.2 Å². The molecule has 1 aromatic carbocycles. The van der Waals surface area contributed by atoms with Gasteiger partial charge < -0.3 is 4.74 Å². The number of rotatable bonds is 5. The Hall–Kier alpha value is -1.80. The fourth-order valence-electron chi connectivity index (χ4n) is 3.96. The minimum absolute atomic E-state index is 0.320. The number of aromatic nitrogens is 1. The number of ether oxygens (including phenoxy) is 1. The smallest absolute Gasteiger partial charge is 0.282 e. The average molecular weight is 402 g/mol. The van der Waals surface area contributed by atoms with E-state index in [1.165, 1.54) is 5.56 Å². The van der Waals surface area contributed by atoms with Crippen molar-refractivity contribution in [1.82, 2.24) is 13.6 Å². The van der Waals surface area contributed by atoms with Gasteiger partial charge in [-0.05, 0) is 49.4 Å². The Balaban J connectivity index is 1.53. The van der Waals surface area contributed by atoms with Gasteiger partial charge in [-0.1, -0.05) is 30.3 Å². The highest BCUT2D eigenvalue weighted by Crippen LogP contribution is 2.26. The first-order valence-electron chi connectivity index (χ1n) is 9.90. The van der Waals surface area contributed by atoms with Gasteiger partial charge in [0, 0.05) is 31.9 Å². The predicted octanol–water partition coefficient (Wildman–Crippen LogP) is 2.69.